The molecule has 1 aromatic carbocycles. The van der Waals surface area contributed by atoms with Crippen molar-refractivity contribution < 1.29 is 13.5 Å². The fraction of sp³-hybridized carbons (Fsp3) is 0.296. The van der Waals surface area contributed by atoms with E-state index >= 15 is 0 Å². The van der Waals surface area contributed by atoms with E-state index in [0.717, 1.165) is 30.3 Å². The van der Waals surface area contributed by atoms with Gasteiger partial charge in [0.1, 0.15) is 23.2 Å². The number of hydrogen-bond donors (Lipinski definition) is 4. The Morgan fingerprint density at radius 1 is 1.16 bits per heavy atom. The highest BCUT2D eigenvalue weighted by atomic mass is 127. The molecule has 6 N–H and O–H groups in total. The Morgan fingerprint density at radius 3 is 2.50 bits per heavy atom. The van der Waals surface area contributed by atoms with E-state index in [1.165, 1.54) is 18.5 Å². The molecule has 1 aliphatic rings. The topological polar surface area (TPSA) is 172 Å². The second-order valence-corrected chi connectivity index (χ2v) is 11.2. The molecule has 1 fully saturated rings. The maximum absolute atomic E-state index is 14.0. The molecule has 44 heavy (non-hydrogen) atoms. The average Bonchev–Trinajstić information content (AvgIpc) is 3.37. The lowest BCUT2D eigenvalue weighted by Crippen LogP contribution is -2.37. The number of alkyl halides is 2. The van der Waals surface area contributed by atoms with Gasteiger partial charge < -0.3 is 26.0 Å². The predicted octanol–water partition coefficient (Wildman–Crippen LogP) is 5.59. The molecular formula is C27H32F2IN12OP. The van der Waals surface area contributed by atoms with E-state index < -0.39 is 12.2 Å². The number of pyridine rings is 2. The zero-order chi connectivity index (χ0) is 32.0. The third kappa shape index (κ3) is 6.85. The number of methoxy groups -OCH3 is 1. The quantitative estimate of drug-likeness (QED) is 0.0400. The number of hydrazone groups is 1. The summed E-state index contributed by atoms with van der Waals surface area (Å²) in [7, 11) is 3.00. The van der Waals surface area contributed by atoms with Crippen molar-refractivity contribution in [1.82, 2.24) is 24.4 Å². The van der Waals surface area contributed by atoms with Crippen molar-refractivity contribution in [1.29, 1.82) is 5.26 Å². The summed E-state index contributed by atoms with van der Waals surface area (Å²) >= 11 is 2.01. The summed E-state index contributed by atoms with van der Waals surface area (Å²) in [5, 5.41) is 21.2. The van der Waals surface area contributed by atoms with E-state index in [0.29, 0.717) is 34.3 Å². The molecule has 0 aliphatic carbocycles. The third-order valence-electron chi connectivity index (χ3n) is 6.38. The average molecular weight is 737 g/mol. The predicted molar refractivity (Wildman–Crippen MR) is 180 cm³/mol. The highest BCUT2D eigenvalue weighted by molar-refractivity contribution is 14.2. The van der Waals surface area contributed by atoms with Gasteiger partial charge in [-0.1, -0.05) is 19.9 Å². The van der Waals surface area contributed by atoms with Crippen molar-refractivity contribution in [2.75, 3.05) is 42.8 Å². The molecule has 232 valence electrons. The van der Waals surface area contributed by atoms with E-state index in [-0.39, 0.29) is 29.1 Å². The minimum absolute atomic E-state index is 0.0939. The van der Waals surface area contributed by atoms with Crippen LogP contribution < -0.4 is 31.8 Å². The number of fused-ring (bicyclic) bond motifs is 1. The number of rotatable bonds is 10. The van der Waals surface area contributed by atoms with Crippen LogP contribution in [0.1, 0.15) is 43.8 Å². The number of nitrogens with one attached hydrogen (secondary N) is 2. The monoisotopic (exact) mass is 736 g/mol. The molecule has 0 amide bonds. The number of benzene rings is 1. The molecule has 0 bridgehead atoms. The Bertz CT molecular complexity index is 1700. The number of hydrazine groups is 1. The van der Waals surface area contributed by atoms with Crippen LogP contribution in [0.15, 0.2) is 41.5 Å². The first-order chi connectivity index (χ1) is 21.2. The molecule has 1 aliphatic heterocycles. The number of aromatic nitrogens is 4. The smallest absolute Gasteiger partial charge is 0.295 e. The lowest BCUT2D eigenvalue weighted by Gasteiger charge is -2.33. The van der Waals surface area contributed by atoms with Gasteiger partial charge in [0.25, 0.3) is 6.43 Å². The fourth-order valence-corrected chi connectivity index (χ4v) is 6.32. The zero-order valence-electron chi connectivity index (χ0n) is 24.4. The van der Waals surface area contributed by atoms with E-state index in [2.05, 4.69) is 41.7 Å². The zero-order valence-corrected chi connectivity index (χ0v) is 27.6. The Labute approximate surface area is 268 Å². The number of nitrogens with two attached hydrogens (primary N) is 2. The second kappa shape index (κ2) is 14.6. The molecular weight excluding hydrogens is 704 g/mol. The summed E-state index contributed by atoms with van der Waals surface area (Å²) in [4.78, 5) is 15.4. The van der Waals surface area contributed by atoms with E-state index in [1.807, 2.05) is 42.0 Å². The van der Waals surface area contributed by atoms with Crippen molar-refractivity contribution in [3.8, 4) is 11.8 Å². The van der Waals surface area contributed by atoms with Gasteiger partial charge in [-0.15, -0.1) is 5.10 Å². The number of ether oxygens (including phenoxy) is 1. The SMILES string of the molecule is CC.COc1c(Nc2cc(Nc3ccc(N4CCC4)c(C#N)n3)nc3c2nc(C(F)F)n3PI)cccc1/C(N)=N/N(C)N. The lowest BCUT2D eigenvalue weighted by molar-refractivity contribution is 0.140. The molecule has 4 heterocycles. The van der Waals surface area contributed by atoms with Crippen LogP contribution in [-0.4, -0.2) is 57.5 Å². The summed E-state index contributed by atoms with van der Waals surface area (Å²) in [6.07, 6.45) is -1.85. The molecule has 5 rings (SSSR count). The molecule has 17 heteroatoms. The Hall–Kier alpha value is -4.07. The maximum Gasteiger partial charge on any atom is 0.295 e. The van der Waals surface area contributed by atoms with Gasteiger partial charge in [0, 0.05) is 26.2 Å². The molecule has 1 unspecified atom stereocenters. The molecule has 13 nitrogen and oxygen atoms in total. The second-order valence-electron chi connectivity index (χ2n) is 9.13. The van der Waals surface area contributed by atoms with E-state index in [9.17, 15) is 14.0 Å². The van der Waals surface area contributed by atoms with Gasteiger partial charge in [0.15, 0.2) is 28.8 Å². The van der Waals surface area contributed by atoms with Crippen LogP contribution in [-0.2, 0) is 0 Å². The summed E-state index contributed by atoms with van der Waals surface area (Å²) in [6.45, 7) is 5.74. The number of nitriles is 1. The molecule has 0 spiro atoms. The van der Waals surface area contributed by atoms with Crippen molar-refractivity contribution in [3.63, 3.8) is 0 Å². The van der Waals surface area contributed by atoms with Crippen molar-refractivity contribution >= 4 is 74.1 Å². The van der Waals surface area contributed by atoms with Gasteiger partial charge in [-0.05, 0) is 52.7 Å². The van der Waals surface area contributed by atoms with Gasteiger partial charge >= 0.3 is 0 Å². The molecule has 0 radical (unpaired) electrons. The Kier molecular flexibility index (Phi) is 10.9. The number of halogens is 3. The van der Waals surface area contributed by atoms with Crippen molar-refractivity contribution in [2.24, 2.45) is 16.7 Å². The normalized spacial score (nSPS) is 13.0. The molecule has 3 aromatic heterocycles. The fourth-order valence-electron chi connectivity index (χ4n) is 4.43. The van der Waals surface area contributed by atoms with Crippen molar-refractivity contribution in [2.45, 2.75) is 26.7 Å². The van der Waals surface area contributed by atoms with E-state index in [1.54, 1.807) is 30.3 Å². The summed E-state index contributed by atoms with van der Waals surface area (Å²) < 4.78 is 35.0. The Balaban J connectivity index is 0.00000216. The van der Waals surface area contributed by atoms with Crippen molar-refractivity contribution in [3.05, 3.63) is 53.5 Å². The van der Waals surface area contributed by atoms with Crippen LogP contribution in [0.3, 0.4) is 0 Å². The molecule has 4 aromatic rings. The standard InChI is InChI=1S/C25H26F2IN12OP.C2H6/c1-38(31)37-23(30)13-5-3-6-14(21(13)41-2)32-15-11-19(35-24-20(15)36-25(22(26)27)40(24)42-28)34-18-8-7-17(16(12-29)33-18)39-9-4-10-39;1-2/h3,5-8,11,22,42H,4,9-10,31H2,1-2H3,(H2,30,37)(H2,32,33,34,35);1-2H3. The van der Waals surface area contributed by atoms with Gasteiger partial charge in [0.05, 0.1) is 36.1 Å². The summed E-state index contributed by atoms with van der Waals surface area (Å²) in [5.74, 6) is 6.36. The number of nitrogens with zero attached hydrogens (tertiary/aromatic N) is 8. The van der Waals surface area contributed by atoms with Gasteiger partial charge in [0.2, 0.25) is 0 Å². The highest BCUT2D eigenvalue weighted by Crippen LogP contribution is 2.40. The van der Waals surface area contributed by atoms with Gasteiger partial charge in [-0.3, -0.25) is 4.34 Å². The van der Waals surface area contributed by atoms with E-state index in [4.69, 9.17) is 16.3 Å². The molecule has 1 saturated heterocycles. The number of amidine groups is 1. The van der Waals surface area contributed by atoms with Crippen LogP contribution >= 0.6 is 28.4 Å². The minimum Gasteiger partial charge on any atom is -0.494 e. The number of anilines is 5. The lowest BCUT2D eigenvalue weighted by atomic mass is 10.1. The first-order valence-corrected chi connectivity index (χ1v) is 17.6. The summed E-state index contributed by atoms with van der Waals surface area (Å²) in [6, 6.07) is 12.5. The van der Waals surface area contributed by atoms with Crippen LogP contribution in [0.25, 0.3) is 11.2 Å². The minimum atomic E-state index is -2.82. The summed E-state index contributed by atoms with van der Waals surface area (Å²) in [5.41, 5.74) is 8.97. The van der Waals surface area contributed by atoms with Gasteiger partial charge in [-0.25, -0.2) is 34.7 Å². The van der Waals surface area contributed by atoms with Crippen LogP contribution in [0.2, 0.25) is 0 Å². The highest BCUT2D eigenvalue weighted by Gasteiger charge is 2.24. The number of para-hydroxylation sites is 1. The molecule has 0 saturated carbocycles. The first-order valence-electron chi connectivity index (χ1n) is 13.5. The number of hydrogen-bond acceptors (Lipinski definition) is 11. The molecule has 1 atom stereocenters. The maximum atomic E-state index is 14.0. The Morgan fingerprint density at radius 2 is 1.91 bits per heavy atom. The van der Waals surface area contributed by atoms with Crippen LogP contribution in [0.4, 0.5) is 37.5 Å². The largest absolute Gasteiger partial charge is 0.494 e. The number of imidazole rings is 1. The van der Waals surface area contributed by atoms with Crippen LogP contribution in [0, 0.1) is 11.3 Å². The van der Waals surface area contributed by atoms with Gasteiger partial charge in [-0.2, -0.15) is 5.26 Å². The van der Waals surface area contributed by atoms with Crippen LogP contribution in [0.5, 0.6) is 5.75 Å². The first kappa shape index (κ1) is 32.8. The third-order valence-corrected chi connectivity index (χ3v) is 8.44.